The van der Waals surface area contributed by atoms with E-state index in [-0.39, 0.29) is 11.8 Å². The lowest BCUT2D eigenvalue weighted by molar-refractivity contribution is -0.0214. The average molecular weight is 527 g/mol. The molecule has 0 heterocycles. The van der Waals surface area contributed by atoms with E-state index >= 15 is 0 Å². The highest BCUT2D eigenvalue weighted by atomic mass is 16.5. The van der Waals surface area contributed by atoms with Crippen molar-refractivity contribution in [3.8, 4) is 11.5 Å². The summed E-state index contributed by atoms with van der Waals surface area (Å²) in [6.45, 7) is 1.62. The van der Waals surface area contributed by atoms with E-state index in [1.54, 1.807) is 14.2 Å². The number of ether oxygens (including phenoxy) is 2. The first-order chi connectivity index (χ1) is 18.4. The number of hydrogen-bond acceptors (Lipinski definition) is 6. The lowest BCUT2D eigenvalue weighted by Gasteiger charge is -2.39. The fraction of sp³-hybridized carbons (Fsp3) is 0.625. The van der Waals surface area contributed by atoms with Gasteiger partial charge in [0.05, 0.1) is 25.4 Å². The summed E-state index contributed by atoms with van der Waals surface area (Å²) in [5.74, 6) is 2.04. The molecule has 4 N–H and O–H groups in total. The maximum atomic E-state index is 11.0. The molecule has 38 heavy (non-hydrogen) atoms. The number of benzene rings is 2. The third-order valence-electron chi connectivity index (χ3n) is 8.59. The Morgan fingerprint density at radius 2 is 0.921 bits per heavy atom. The molecule has 0 aliphatic heterocycles. The molecule has 2 fully saturated rings. The van der Waals surface area contributed by atoms with Crippen molar-refractivity contribution in [1.82, 2.24) is 10.6 Å². The second kappa shape index (κ2) is 14.9. The third-order valence-corrected chi connectivity index (χ3v) is 8.59. The van der Waals surface area contributed by atoms with Gasteiger partial charge in [-0.1, -0.05) is 62.8 Å². The Balaban J connectivity index is 0.000000211. The Morgan fingerprint density at radius 1 is 0.605 bits per heavy atom. The molecule has 2 saturated carbocycles. The number of rotatable bonds is 10. The normalized spacial score (nSPS) is 19.9. The van der Waals surface area contributed by atoms with Crippen molar-refractivity contribution < 1.29 is 19.7 Å². The molecule has 0 aromatic heterocycles. The first-order valence-corrected chi connectivity index (χ1v) is 14.4. The van der Waals surface area contributed by atoms with Crippen LogP contribution in [0.15, 0.2) is 48.5 Å². The Labute approximate surface area is 230 Å². The average Bonchev–Trinajstić information content (AvgIpc) is 2.96. The minimum absolute atomic E-state index is 0.156. The van der Waals surface area contributed by atoms with E-state index in [1.807, 2.05) is 38.4 Å². The quantitative estimate of drug-likeness (QED) is 0.332. The van der Waals surface area contributed by atoms with Crippen molar-refractivity contribution in [2.75, 3.05) is 41.4 Å². The third kappa shape index (κ3) is 7.95. The van der Waals surface area contributed by atoms with Gasteiger partial charge in [0, 0.05) is 24.9 Å². The highest BCUT2D eigenvalue weighted by Gasteiger charge is 2.39. The van der Waals surface area contributed by atoms with Crippen molar-refractivity contribution in [1.29, 1.82) is 0 Å². The summed E-state index contributed by atoms with van der Waals surface area (Å²) >= 11 is 0. The fourth-order valence-electron chi connectivity index (χ4n) is 6.34. The summed E-state index contributed by atoms with van der Waals surface area (Å²) in [6.07, 6.45) is 10.7. The molecule has 0 radical (unpaired) electrons. The van der Waals surface area contributed by atoms with E-state index in [0.29, 0.717) is 0 Å². The fourth-order valence-corrected chi connectivity index (χ4v) is 6.34. The number of likely N-dealkylation sites (N-methyl/N-ethyl adjacent to an activating group) is 2. The number of hydrogen-bond donors (Lipinski definition) is 4. The molecule has 6 heteroatoms. The maximum Gasteiger partial charge on any atom is 0.118 e. The molecule has 6 nitrogen and oxygen atoms in total. The Kier molecular flexibility index (Phi) is 11.9. The summed E-state index contributed by atoms with van der Waals surface area (Å²) in [5.41, 5.74) is 1.27. The van der Waals surface area contributed by atoms with E-state index in [1.165, 1.54) is 24.0 Å². The minimum atomic E-state index is -0.560. The summed E-state index contributed by atoms with van der Waals surface area (Å²) in [6, 6.07) is 16.2. The van der Waals surface area contributed by atoms with Gasteiger partial charge < -0.3 is 30.3 Å². The van der Waals surface area contributed by atoms with Gasteiger partial charge in [-0.05, 0) is 75.2 Å². The van der Waals surface area contributed by atoms with Crippen LogP contribution in [0.25, 0.3) is 0 Å². The van der Waals surface area contributed by atoms with Crippen molar-refractivity contribution in [2.24, 2.45) is 0 Å². The van der Waals surface area contributed by atoms with Gasteiger partial charge in [0.25, 0.3) is 0 Å². The molecule has 1 unspecified atom stereocenters. The van der Waals surface area contributed by atoms with Crippen LogP contribution in [0, 0.1) is 0 Å². The molecule has 2 aromatic rings. The van der Waals surface area contributed by atoms with Crippen LogP contribution in [0.4, 0.5) is 0 Å². The number of aliphatic hydroxyl groups is 2. The molecule has 212 valence electrons. The molecule has 2 aliphatic carbocycles. The Hall–Kier alpha value is -2.12. The molecule has 0 bridgehead atoms. The predicted molar refractivity (Wildman–Crippen MR) is 155 cm³/mol. The Morgan fingerprint density at radius 3 is 1.18 bits per heavy atom. The SMILES string of the molecule is CNCC(c1ccc(OC)cc1)C1(O)CCCCC1.CNC[C@H](c1ccc(OC)cc1)C1(O)CCCCC1. The molecule has 0 spiro atoms. The van der Waals surface area contributed by atoms with Gasteiger partial charge >= 0.3 is 0 Å². The summed E-state index contributed by atoms with van der Waals surface area (Å²) in [5, 5.41) is 28.4. The zero-order valence-electron chi connectivity index (χ0n) is 24.0. The van der Waals surface area contributed by atoms with Crippen LogP contribution in [-0.4, -0.2) is 62.8 Å². The van der Waals surface area contributed by atoms with E-state index in [2.05, 4.69) is 34.9 Å². The molecule has 4 rings (SSSR count). The van der Waals surface area contributed by atoms with Crippen LogP contribution < -0.4 is 20.1 Å². The van der Waals surface area contributed by atoms with Gasteiger partial charge in [0.2, 0.25) is 0 Å². The second-order valence-corrected chi connectivity index (χ2v) is 11.1. The van der Waals surface area contributed by atoms with Crippen LogP contribution in [-0.2, 0) is 0 Å². The minimum Gasteiger partial charge on any atom is -0.497 e. The molecule has 2 aliphatic rings. The monoisotopic (exact) mass is 526 g/mol. The largest absolute Gasteiger partial charge is 0.497 e. The molecule has 2 atom stereocenters. The van der Waals surface area contributed by atoms with Crippen LogP contribution in [0.1, 0.15) is 87.2 Å². The molecular weight excluding hydrogens is 476 g/mol. The van der Waals surface area contributed by atoms with Crippen molar-refractivity contribution in [2.45, 2.75) is 87.2 Å². The molecular formula is C32H50N2O4. The molecule has 0 amide bonds. The van der Waals surface area contributed by atoms with Crippen molar-refractivity contribution >= 4 is 0 Å². The molecule has 2 aromatic carbocycles. The van der Waals surface area contributed by atoms with E-state index < -0.39 is 11.2 Å². The number of methoxy groups -OCH3 is 2. The zero-order chi connectivity index (χ0) is 27.4. The second-order valence-electron chi connectivity index (χ2n) is 11.1. The summed E-state index contributed by atoms with van der Waals surface area (Å²) < 4.78 is 10.4. The zero-order valence-corrected chi connectivity index (χ0v) is 24.0. The van der Waals surface area contributed by atoms with Crippen LogP contribution >= 0.6 is 0 Å². The molecule has 0 saturated heterocycles. The van der Waals surface area contributed by atoms with Crippen molar-refractivity contribution in [3.05, 3.63) is 59.7 Å². The maximum absolute atomic E-state index is 11.0. The van der Waals surface area contributed by atoms with Gasteiger partial charge in [-0.15, -0.1) is 0 Å². The number of nitrogens with one attached hydrogen (secondary N) is 2. The highest BCUT2D eigenvalue weighted by Crippen LogP contribution is 2.41. The van der Waals surface area contributed by atoms with Gasteiger partial charge in [0.15, 0.2) is 0 Å². The van der Waals surface area contributed by atoms with Gasteiger partial charge in [0.1, 0.15) is 11.5 Å². The van der Waals surface area contributed by atoms with E-state index in [9.17, 15) is 10.2 Å². The van der Waals surface area contributed by atoms with Gasteiger partial charge in [-0.25, -0.2) is 0 Å². The highest BCUT2D eigenvalue weighted by molar-refractivity contribution is 5.32. The van der Waals surface area contributed by atoms with Crippen LogP contribution in [0.2, 0.25) is 0 Å². The summed E-state index contributed by atoms with van der Waals surface area (Å²) in [4.78, 5) is 0. The van der Waals surface area contributed by atoms with Gasteiger partial charge in [-0.2, -0.15) is 0 Å². The van der Waals surface area contributed by atoms with Gasteiger partial charge in [-0.3, -0.25) is 0 Å². The first-order valence-electron chi connectivity index (χ1n) is 14.4. The topological polar surface area (TPSA) is 83.0 Å². The smallest absolute Gasteiger partial charge is 0.118 e. The van der Waals surface area contributed by atoms with E-state index in [4.69, 9.17) is 9.47 Å². The lowest BCUT2D eigenvalue weighted by Crippen LogP contribution is -2.42. The summed E-state index contributed by atoms with van der Waals surface area (Å²) in [7, 11) is 7.24. The first kappa shape index (κ1) is 30.4. The van der Waals surface area contributed by atoms with Crippen LogP contribution in [0.3, 0.4) is 0 Å². The lowest BCUT2D eigenvalue weighted by atomic mass is 9.73. The van der Waals surface area contributed by atoms with Crippen molar-refractivity contribution in [3.63, 3.8) is 0 Å². The standard InChI is InChI=1S/2C16H25NO2/c2*1-17-12-15(16(18)10-4-3-5-11-16)13-6-8-14(19-2)9-7-13/h2*6-9,15,17-18H,3-5,10-12H2,1-2H3/t15-;/m1./s1. The Bertz CT molecular complexity index is 842. The van der Waals surface area contributed by atoms with Crippen LogP contribution in [0.5, 0.6) is 11.5 Å². The van der Waals surface area contributed by atoms with E-state index in [0.717, 1.165) is 76.0 Å². The predicted octanol–water partition coefficient (Wildman–Crippen LogP) is 5.39.